The third-order valence-electron chi connectivity index (χ3n) is 4.50. The Morgan fingerprint density at radius 1 is 1.24 bits per heavy atom. The Morgan fingerprint density at radius 2 is 2.12 bits per heavy atom. The molecule has 1 saturated heterocycles. The second-order valence-electron chi connectivity index (χ2n) is 5.98. The van der Waals surface area contributed by atoms with E-state index in [0.717, 1.165) is 18.5 Å². The summed E-state index contributed by atoms with van der Waals surface area (Å²) in [6.07, 6.45) is 6.29. The molecular formula is C16H18N6O2S. The number of nitrogens with zero attached hydrogens (tertiary/aromatic N) is 5. The molecule has 1 aliphatic rings. The zero-order valence-electron chi connectivity index (χ0n) is 13.7. The molecule has 0 aliphatic carbocycles. The fourth-order valence-corrected chi connectivity index (χ4v) is 5.09. The van der Waals surface area contributed by atoms with Gasteiger partial charge in [-0.05, 0) is 38.0 Å². The smallest absolute Gasteiger partial charge is 0.247 e. The Morgan fingerprint density at radius 3 is 2.84 bits per heavy atom. The van der Waals surface area contributed by atoms with Gasteiger partial charge in [-0.2, -0.15) is 14.5 Å². The highest BCUT2D eigenvalue weighted by molar-refractivity contribution is 7.89. The normalized spacial score (nSPS) is 18.7. The van der Waals surface area contributed by atoms with Gasteiger partial charge in [0.15, 0.2) is 5.82 Å². The maximum absolute atomic E-state index is 13.2. The first kappa shape index (κ1) is 16.0. The number of aromatic amines is 1. The SMILES string of the molecule is Cc1c(S(=O)(=O)N2CCC[C@H]2c2ccn[nH]2)cnn1-c1ccccn1. The largest absolute Gasteiger partial charge is 0.281 e. The minimum absolute atomic E-state index is 0.213. The quantitative estimate of drug-likeness (QED) is 0.767. The van der Waals surface area contributed by atoms with Crippen LogP contribution in [0.3, 0.4) is 0 Å². The van der Waals surface area contributed by atoms with Crippen molar-refractivity contribution >= 4 is 10.0 Å². The summed E-state index contributed by atoms with van der Waals surface area (Å²) < 4.78 is 29.5. The molecule has 0 bridgehead atoms. The Labute approximate surface area is 145 Å². The summed E-state index contributed by atoms with van der Waals surface area (Å²) in [4.78, 5) is 4.45. The third kappa shape index (κ3) is 2.65. The topological polar surface area (TPSA) is 96.8 Å². The van der Waals surface area contributed by atoms with E-state index in [1.165, 1.54) is 10.5 Å². The number of hydrogen-bond donors (Lipinski definition) is 1. The molecule has 3 aromatic rings. The van der Waals surface area contributed by atoms with Crippen LogP contribution in [0.25, 0.3) is 5.82 Å². The van der Waals surface area contributed by atoms with E-state index in [2.05, 4.69) is 20.3 Å². The van der Waals surface area contributed by atoms with Crippen molar-refractivity contribution in [2.75, 3.05) is 6.54 Å². The maximum Gasteiger partial charge on any atom is 0.247 e. The number of rotatable bonds is 4. The van der Waals surface area contributed by atoms with Gasteiger partial charge in [0.05, 0.1) is 23.6 Å². The summed E-state index contributed by atoms with van der Waals surface area (Å²) >= 11 is 0. The van der Waals surface area contributed by atoms with Crippen molar-refractivity contribution in [2.45, 2.75) is 30.7 Å². The molecule has 0 spiro atoms. The molecule has 4 heterocycles. The second-order valence-corrected chi connectivity index (χ2v) is 7.84. The highest BCUT2D eigenvalue weighted by Crippen LogP contribution is 2.36. The zero-order valence-corrected chi connectivity index (χ0v) is 14.5. The Balaban J connectivity index is 1.73. The molecule has 25 heavy (non-hydrogen) atoms. The number of H-pyrrole nitrogens is 1. The molecule has 130 valence electrons. The van der Waals surface area contributed by atoms with Gasteiger partial charge < -0.3 is 0 Å². The van der Waals surface area contributed by atoms with E-state index in [1.54, 1.807) is 36.1 Å². The number of nitrogens with one attached hydrogen (secondary N) is 1. The van der Waals surface area contributed by atoms with E-state index in [4.69, 9.17) is 0 Å². The minimum atomic E-state index is -3.66. The molecule has 1 fully saturated rings. The zero-order chi connectivity index (χ0) is 17.4. The van der Waals surface area contributed by atoms with Gasteiger partial charge in [0.1, 0.15) is 4.90 Å². The Hall–Kier alpha value is -2.52. The van der Waals surface area contributed by atoms with E-state index in [9.17, 15) is 8.42 Å². The van der Waals surface area contributed by atoms with Gasteiger partial charge >= 0.3 is 0 Å². The van der Waals surface area contributed by atoms with E-state index in [-0.39, 0.29) is 10.9 Å². The lowest BCUT2D eigenvalue weighted by atomic mass is 10.2. The van der Waals surface area contributed by atoms with Crippen LogP contribution in [0.15, 0.2) is 47.8 Å². The summed E-state index contributed by atoms with van der Waals surface area (Å²) in [6.45, 7) is 2.23. The van der Waals surface area contributed by atoms with Gasteiger partial charge in [0.25, 0.3) is 0 Å². The summed E-state index contributed by atoms with van der Waals surface area (Å²) in [5, 5.41) is 11.1. The van der Waals surface area contributed by atoms with Crippen molar-refractivity contribution in [1.82, 2.24) is 29.3 Å². The van der Waals surface area contributed by atoms with Gasteiger partial charge in [-0.3, -0.25) is 5.10 Å². The molecule has 9 heteroatoms. The van der Waals surface area contributed by atoms with E-state index < -0.39 is 10.0 Å². The van der Waals surface area contributed by atoms with Gasteiger partial charge in [-0.15, -0.1) is 0 Å². The third-order valence-corrected chi connectivity index (χ3v) is 6.51. The van der Waals surface area contributed by atoms with E-state index in [1.807, 2.05) is 12.1 Å². The molecule has 8 nitrogen and oxygen atoms in total. The Kier molecular flexibility index (Phi) is 3.89. The Bertz CT molecular complexity index is 965. The first-order chi connectivity index (χ1) is 12.1. The molecule has 3 aromatic heterocycles. The van der Waals surface area contributed by atoms with Crippen molar-refractivity contribution in [3.8, 4) is 5.82 Å². The highest BCUT2D eigenvalue weighted by Gasteiger charge is 2.38. The molecule has 1 N–H and O–H groups in total. The van der Waals surface area contributed by atoms with Crippen LogP contribution in [0.4, 0.5) is 0 Å². The van der Waals surface area contributed by atoms with Crippen LogP contribution in [0, 0.1) is 6.92 Å². The van der Waals surface area contributed by atoms with Gasteiger partial charge in [-0.1, -0.05) is 6.07 Å². The van der Waals surface area contributed by atoms with E-state index >= 15 is 0 Å². The average molecular weight is 358 g/mol. The van der Waals surface area contributed by atoms with Crippen LogP contribution >= 0.6 is 0 Å². The van der Waals surface area contributed by atoms with Crippen molar-refractivity contribution in [2.24, 2.45) is 0 Å². The van der Waals surface area contributed by atoms with Crippen molar-refractivity contribution in [3.05, 3.63) is 54.2 Å². The van der Waals surface area contributed by atoms with Crippen molar-refractivity contribution in [3.63, 3.8) is 0 Å². The van der Waals surface area contributed by atoms with Crippen LogP contribution in [-0.2, 0) is 10.0 Å². The number of sulfonamides is 1. The number of pyridine rings is 1. The standard InChI is InChI=1S/C16H18N6O2S/c1-12-15(11-19-22(12)16-6-2-3-8-17-16)25(23,24)21-10-4-5-14(21)13-7-9-18-20-13/h2-3,6-9,11,14H,4-5,10H2,1H3,(H,18,20)/t14-/m0/s1. The van der Waals surface area contributed by atoms with Crippen LogP contribution < -0.4 is 0 Å². The van der Waals surface area contributed by atoms with E-state index in [0.29, 0.717) is 18.1 Å². The monoisotopic (exact) mass is 358 g/mol. The fraction of sp³-hybridized carbons (Fsp3) is 0.312. The van der Waals surface area contributed by atoms with Crippen LogP contribution in [0.2, 0.25) is 0 Å². The summed E-state index contributed by atoms with van der Waals surface area (Å²) in [5.74, 6) is 0.591. The van der Waals surface area contributed by atoms with Crippen molar-refractivity contribution < 1.29 is 8.42 Å². The lowest BCUT2D eigenvalue weighted by Gasteiger charge is -2.22. The summed E-state index contributed by atoms with van der Waals surface area (Å²) in [5.41, 5.74) is 1.37. The summed E-state index contributed by atoms with van der Waals surface area (Å²) in [7, 11) is -3.66. The minimum Gasteiger partial charge on any atom is -0.281 e. The summed E-state index contributed by atoms with van der Waals surface area (Å²) in [6, 6.07) is 7.04. The molecule has 0 radical (unpaired) electrons. The highest BCUT2D eigenvalue weighted by atomic mass is 32.2. The van der Waals surface area contributed by atoms with Crippen LogP contribution in [0.1, 0.15) is 30.3 Å². The lowest BCUT2D eigenvalue weighted by Crippen LogP contribution is -2.31. The molecule has 0 amide bonds. The van der Waals surface area contributed by atoms with Gasteiger partial charge in [0.2, 0.25) is 10.0 Å². The van der Waals surface area contributed by atoms with Crippen molar-refractivity contribution in [1.29, 1.82) is 0 Å². The average Bonchev–Trinajstić information content (AvgIpc) is 3.35. The van der Waals surface area contributed by atoms with Crippen LogP contribution in [-0.4, -0.2) is 44.2 Å². The van der Waals surface area contributed by atoms with Crippen LogP contribution in [0.5, 0.6) is 0 Å². The molecule has 4 rings (SSSR count). The lowest BCUT2D eigenvalue weighted by molar-refractivity contribution is 0.390. The predicted molar refractivity (Wildman–Crippen MR) is 90.6 cm³/mol. The first-order valence-corrected chi connectivity index (χ1v) is 9.50. The molecule has 0 saturated carbocycles. The molecule has 0 unspecified atom stereocenters. The molecular weight excluding hydrogens is 340 g/mol. The molecule has 1 atom stereocenters. The van der Waals surface area contributed by atoms with Gasteiger partial charge in [0, 0.05) is 18.9 Å². The number of aromatic nitrogens is 5. The second kappa shape index (κ2) is 6.08. The first-order valence-electron chi connectivity index (χ1n) is 8.06. The molecule has 1 aliphatic heterocycles. The van der Waals surface area contributed by atoms with Gasteiger partial charge in [-0.25, -0.2) is 18.1 Å². The predicted octanol–water partition coefficient (Wildman–Crippen LogP) is 1.82. The molecule has 0 aromatic carbocycles. The number of hydrogen-bond acceptors (Lipinski definition) is 5. The fourth-order valence-electron chi connectivity index (χ4n) is 3.28. The maximum atomic E-state index is 13.2.